The van der Waals surface area contributed by atoms with E-state index in [1.54, 1.807) is 11.3 Å². The summed E-state index contributed by atoms with van der Waals surface area (Å²) in [5, 5.41) is 4.35. The van der Waals surface area contributed by atoms with Crippen LogP contribution in [0.4, 0.5) is 0 Å². The van der Waals surface area contributed by atoms with Crippen molar-refractivity contribution in [3.05, 3.63) is 22.4 Å². The van der Waals surface area contributed by atoms with Gasteiger partial charge in [0.15, 0.2) is 0 Å². The molecule has 0 saturated heterocycles. The van der Waals surface area contributed by atoms with E-state index in [1.807, 2.05) is 0 Å². The largest absolute Gasteiger partial charge is 0.329 e. The van der Waals surface area contributed by atoms with Crippen molar-refractivity contribution >= 4 is 11.3 Å². The fourth-order valence-electron chi connectivity index (χ4n) is 1.86. The first kappa shape index (κ1) is 12.7. The number of nitrogens with two attached hydrogens (primary N) is 1. The summed E-state index contributed by atoms with van der Waals surface area (Å²) in [5.74, 6) is 0. The van der Waals surface area contributed by atoms with Gasteiger partial charge >= 0.3 is 0 Å². The zero-order valence-corrected chi connectivity index (χ0v) is 10.6. The zero-order chi connectivity index (χ0) is 11.1. The van der Waals surface area contributed by atoms with Gasteiger partial charge in [-0.05, 0) is 41.9 Å². The number of rotatable bonds is 7. The highest BCUT2D eigenvalue weighted by molar-refractivity contribution is 7.07. The summed E-state index contributed by atoms with van der Waals surface area (Å²) in [6.45, 7) is 7.40. The van der Waals surface area contributed by atoms with Crippen molar-refractivity contribution in [2.45, 2.75) is 32.7 Å². The molecule has 0 spiro atoms. The maximum atomic E-state index is 5.88. The van der Waals surface area contributed by atoms with E-state index in [0.717, 1.165) is 13.1 Å². The molecule has 2 nitrogen and oxygen atoms in total. The molecular formula is C12H22N2S. The molecule has 1 atom stereocenters. The second kappa shape index (κ2) is 6.99. The van der Waals surface area contributed by atoms with Crippen LogP contribution in [-0.2, 0) is 0 Å². The van der Waals surface area contributed by atoms with Gasteiger partial charge in [0.05, 0.1) is 0 Å². The molecule has 1 aromatic rings. The van der Waals surface area contributed by atoms with Gasteiger partial charge in [-0.25, -0.2) is 0 Å². The Labute approximate surface area is 97.1 Å². The Morgan fingerprint density at radius 2 is 2.27 bits per heavy atom. The van der Waals surface area contributed by atoms with Crippen molar-refractivity contribution in [1.29, 1.82) is 0 Å². The number of unbranched alkanes of at least 4 members (excludes halogenated alkanes) is 1. The normalized spacial score (nSPS) is 13.3. The molecule has 1 rings (SSSR count). The molecule has 0 aromatic carbocycles. The van der Waals surface area contributed by atoms with Crippen LogP contribution in [0.15, 0.2) is 16.8 Å². The first-order valence-corrected chi connectivity index (χ1v) is 6.73. The van der Waals surface area contributed by atoms with Crippen LogP contribution >= 0.6 is 11.3 Å². The summed E-state index contributed by atoms with van der Waals surface area (Å²) < 4.78 is 0. The highest BCUT2D eigenvalue weighted by atomic mass is 32.1. The SMILES string of the molecule is CCCCN(CC)C(CN)c1ccsc1. The molecule has 0 saturated carbocycles. The third-order valence-electron chi connectivity index (χ3n) is 2.80. The molecular weight excluding hydrogens is 204 g/mol. The van der Waals surface area contributed by atoms with Crippen molar-refractivity contribution in [3.63, 3.8) is 0 Å². The molecule has 0 aliphatic carbocycles. The predicted molar refractivity (Wildman–Crippen MR) is 68.3 cm³/mol. The molecule has 0 aliphatic heterocycles. The smallest absolute Gasteiger partial charge is 0.0478 e. The maximum Gasteiger partial charge on any atom is 0.0478 e. The van der Waals surface area contributed by atoms with Gasteiger partial charge in [-0.15, -0.1) is 0 Å². The first-order chi connectivity index (χ1) is 7.33. The molecule has 2 N–H and O–H groups in total. The molecule has 1 aromatic heterocycles. The summed E-state index contributed by atoms with van der Waals surface area (Å²) in [6.07, 6.45) is 2.51. The summed E-state index contributed by atoms with van der Waals surface area (Å²) in [6, 6.07) is 2.60. The van der Waals surface area contributed by atoms with Crippen LogP contribution in [-0.4, -0.2) is 24.5 Å². The lowest BCUT2D eigenvalue weighted by Gasteiger charge is -2.29. The molecule has 0 aliphatic rings. The van der Waals surface area contributed by atoms with E-state index < -0.39 is 0 Å². The fourth-order valence-corrected chi connectivity index (χ4v) is 2.56. The average molecular weight is 226 g/mol. The average Bonchev–Trinajstić information content (AvgIpc) is 2.77. The molecule has 0 radical (unpaired) electrons. The molecule has 0 bridgehead atoms. The predicted octanol–water partition coefficient (Wildman–Crippen LogP) is 2.87. The van der Waals surface area contributed by atoms with E-state index in [9.17, 15) is 0 Å². The van der Waals surface area contributed by atoms with Crippen LogP contribution in [0.25, 0.3) is 0 Å². The summed E-state index contributed by atoms with van der Waals surface area (Å²) in [7, 11) is 0. The second-order valence-corrected chi connectivity index (χ2v) is 4.57. The minimum Gasteiger partial charge on any atom is -0.329 e. The van der Waals surface area contributed by atoms with Gasteiger partial charge in [-0.2, -0.15) is 11.3 Å². The van der Waals surface area contributed by atoms with Crippen molar-refractivity contribution < 1.29 is 0 Å². The topological polar surface area (TPSA) is 29.3 Å². The number of hydrogen-bond acceptors (Lipinski definition) is 3. The van der Waals surface area contributed by atoms with E-state index >= 15 is 0 Å². The Bertz CT molecular complexity index is 246. The number of hydrogen-bond donors (Lipinski definition) is 1. The number of thiophene rings is 1. The summed E-state index contributed by atoms with van der Waals surface area (Å²) in [5.41, 5.74) is 7.25. The van der Waals surface area contributed by atoms with Crippen LogP contribution in [0.2, 0.25) is 0 Å². The van der Waals surface area contributed by atoms with Crippen LogP contribution in [0, 0.1) is 0 Å². The minimum absolute atomic E-state index is 0.410. The molecule has 1 heterocycles. The van der Waals surface area contributed by atoms with E-state index in [4.69, 9.17) is 5.73 Å². The summed E-state index contributed by atoms with van der Waals surface area (Å²) in [4.78, 5) is 2.48. The molecule has 1 unspecified atom stereocenters. The van der Waals surface area contributed by atoms with Gasteiger partial charge in [0.1, 0.15) is 0 Å². The molecule has 15 heavy (non-hydrogen) atoms. The lowest BCUT2D eigenvalue weighted by atomic mass is 10.1. The third-order valence-corrected chi connectivity index (χ3v) is 3.50. The van der Waals surface area contributed by atoms with Crippen molar-refractivity contribution in [3.8, 4) is 0 Å². The van der Waals surface area contributed by atoms with Crippen molar-refractivity contribution in [2.24, 2.45) is 5.73 Å². The van der Waals surface area contributed by atoms with Gasteiger partial charge < -0.3 is 5.73 Å². The van der Waals surface area contributed by atoms with E-state index in [0.29, 0.717) is 12.6 Å². The van der Waals surface area contributed by atoms with Gasteiger partial charge in [0, 0.05) is 12.6 Å². The van der Waals surface area contributed by atoms with Crippen molar-refractivity contribution in [1.82, 2.24) is 4.90 Å². The third kappa shape index (κ3) is 3.59. The molecule has 0 fully saturated rings. The van der Waals surface area contributed by atoms with Gasteiger partial charge in [0.2, 0.25) is 0 Å². The van der Waals surface area contributed by atoms with E-state index in [-0.39, 0.29) is 0 Å². The monoisotopic (exact) mass is 226 g/mol. The van der Waals surface area contributed by atoms with Crippen LogP contribution in [0.1, 0.15) is 38.3 Å². The highest BCUT2D eigenvalue weighted by Gasteiger charge is 2.16. The van der Waals surface area contributed by atoms with Crippen LogP contribution < -0.4 is 5.73 Å². The summed E-state index contributed by atoms with van der Waals surface area (Å²) >= 11 is 1.75. The number of nitrogens with zero attached hydrogens (tertiary/aromatic N) is 1. The second-order valence-electron chi connectivity index (χ2n) is 3.79. The van der Waals surface area contributed by atoms with Crippen LogP contribution in [0.3, 0.4) is 0 Å². The van der Waals surface area contributed by atoms with Gasteiger partial charge in [-0.1, -0.05) is 20.3 Å². The minimum atomic E-state index is 0.410. The Hall–Kier alpha value is -0.380. The fraction of sp³-hybridized carbons (Fsp3) is 0.667. The molecule has 86 valence electrons. The quantitative estimate of drug-likeness (QED) is 0.774. The molecule has 3 heteroatoms. The lowest BCUT2D eigenvalue weighted by molar-refractivity contribution is 0.209. The highest BCUT2D eigenvalue weighted by Crippen LogP contribution is 2.22. The first-order valence-electron chi connectivity index (χ1n) is 5.79. The van der Waals surface area contributed by atoms with Crippen LogP contribution in [0.5, 0.6) is 0 Å². The lowest BCUT2D eigenvalue weighted by Crippen LogP contribution is -2.34. The Morgan fingerprint density at radius 1 is 1.47 bits per heavy atom. The Morgan fingerprint density at radius 3 is 2.73 bits per heavy atom. The van der Waals surface area contributed by atoms with E-state index in [1.165, 1.54) is 18.4 Å². The Kier molecular flexibility index (Phi) is 5.91. The van der Waals surface area contributed by atoms with Gasteiger partial charge in [0.25, 0.3) is 0 Å². The Balaban J connectivity index is 2.62. The standard InChI is InChI=1S/C12H22N2S/c1-3-5-7-14(4-2)12(9-13)11-6-8-15-10-11/h6,8,10,12H,3-5,7,9,13H2,1-2H3. The maximum absolute atomic E-state index is 5.88. The number of likely N-dealkylation sites (N-methyl/N-ethyl adjacent to an activating group) is 1. The van der Waals surface area contributed by atoms with E-state index in [2.05, 4.69) is 35.6 Å². The van der Waals surface area contributed by atoms with Crippen molar-refractivity contribution in [2.75, 3.05) is 19.6 Å². The molecule has 0 amide bonds. The van der Waals surface area contributed by atoms with Gasteiger partial charge in [-0.3, -0.25) is 4.90 Å². The zero-order valence-electron chi connectivity index (χ0n) is 9.78.